The highest BCUT2D eigenvalue weighted by Gasteiger charge is 2.14. The Balaban J connectivity index is 0.00000264. The largest absolute Gasteiger partial charge is 0.494 e. The van der Waals surface area contributed by atoms with Gasteiger partial charge in [-0.2, -0.15) is 0 Å². The molecule has 2 aromatic rings. The fourth-order valence-electron chi connectivity index (χ4n) is 2.19. The SMILES string of the molecule is Cc1ccc(N)cc1C(=O)N(C)CCCOc1ccccc1.Cl. The van der Waals surface area contributed by atoms with E-state index in [1.54, 1.807) is 24.1 Å². The molecule has 0 spiro atoms. The van der Waals surface area contributed by atoms with E-state index < -0.39 is 0 Å². The Morgan fingerprint density at radius 3 is 2.57 bits per heavy atom. The summed E-state index contributed by atoms with van der Waals surface area (Å²) in [6.07, 6.45) is 0.776. The third-order valence-electron chi connectivity index (χ3n) is 3.49. The van der Waals surface area contributed by atoms with Crippen molar-refractivity contribution in [2.45, 2.75) is 13.3 Å². The van der Waals surface area contributed by atoms with E-state index >= 15 is 0 Å². The minimum atomic E-state index is -0.00971. The molecule has 23 heavy (non-hydrogen) atoms. The summed E-state index contributed by atoms with van der Waals surface area (Å²) in [5.74, 6) is 0.840. The lowest BCUT2D eigenvalue weighted by molar-refractivity contribution is 0.0787. The van der Waals surface area contributed by atoms with Crippen molar-refractivity contribution in [1.29, 1.82) is 0 Å². The van der Waals surface area contributed by atoms with Gasteiger partial charge >= 0.3 is 0 Å². The smallest absolute Gasteiger partial charge is 0.253 e. The summed E-state index contributed by atoms with van der Waals surface area (Å²) >= 11 is 0. The normalized spacial score (nSPS) is 9.83. The van der Waals surface area contributed by atoms with Crippen LogP contribution in [0.3, 0.4) is 0 Å². The van der Waals surface area contributed by atoms with Crippen LogP contribution < -0.4 is 10.5 Å². The lowest BCUT2D eigenvalue weighted by Gasteiger charge is -2.18. The number of nitrogens with two attached hydrogens (primary N) is 1. The number of rotatable bonds is 6. The molecule has 0 atom stereocenters. The molecular formula is C18H23ClN2O2. The summed E-state index contributed by atoms with van der Waals surface area (Å²) in [5.41, 5.74) is 7.96. The van der Waals surface area contributed by atoms with Crippen molar-refractivity contribution in [2.24, 2.45) is 0 Å². The third-order valence-corrected chi connectivity index (χ3v) is 3.49. The third kappa shape index (κ3) is 5.49. The van der Waals surface area contributed by atoms with Crippen LogP contribution in [0.2, 0.25) is 0 Å². The maximum atomic E-state index is 12.4. The van der Waals surface area contributed by atoms with Gasteiger partial charge in [0, 0.05) is 24.8 Å². The summed E-state index contributed by atoms with van der Waals surface area (Å²) in [6, 6.07) is 15.1. The monoisotopic (exact) mass is 334 g/mol. The van der Waals surface area contributed by atoms with Gasteiger partial charge in [0.2, 0.25) is 0 Å². The van der Waals surface area contributed by atoms with Crippen LogP contribution in [-0.4, -0.2) is 31.0 Å². The number of halogens is 1. The molecule has 0 aliphatic heterocycles. The van der Waals surface area contributed by atoms with Crippen LogP contribution in [0, 0.1) is 6.92 Å². The van der Waals surface area contributed by atoms with E-state index in [9.17, 15) is 4.79 Å². The molecular weight excluding hydrogens is 312 g/mol. The van der Waals surface area contributed by atoms with Crippen LogP contribution in [0.25, 0.3) is 0 Å². The first-order chi connectivity index (χ1) is 10.6. The molecule has 0 aliphatic carbocycles. The molecule has 0 unspecified atom stereocenters. The number of hydrogen-bond donors (Lipinski definition) is 1. The van der Waals surface area contributed by atoms with Gasteiger partial charge in [-0.3, -0.25) is 4.79 Å². The average Bonchev–Trinajstić information content (AvgIpc) is 2.54. The Hall–Kier alpha value is -2.20. The Kier molecular flexibility index (Phi) is 7.42. The van der Waals surface area contributed by atoms with Crippen molar-refractivity contribution in [2.75, 3.05) is 25.9 Å². The highest BCUT2D eigenvalue weighted by Crippen LogP contribution is 2.15. The van der Waals surface area contributed by atoms with Gasteiger partial charge in [0.1, 0.15) is 5.75 Å². The summed E-state index contributed by atoms with van der Waals surface area (Å²) in [4.78, 5) is 14.1. The fourth-order valence-corrected chi connectivity index (χ4v) is 2.19. The van der Waals surface area contributed by atoms with E-state index in [-0.39, 0.29) is 18.3 Å². The van der Waals surface area contributed by atoms with Crippen LogP contribution in [-0.2, 0) is 0 Å². The number of carbonyl (C=O) groups is 1. The zero-order valence-corrected chi connectivity index (χ0v) is 14.3. The number of benzene rings is 2. The second kappa shape index (κ2) is 9.06. The van der Waals surface area contributed by atoms with Crippen molar-refractivity contribution in [3.8, 4) is 5.75 Å². The number of amides is 1. The molecule has 0 aliphatic rings. The van der Waals surface area contributed by atoms with E-state index in [1.165, 1.54) is 0 Å². The van der Waals surface area contributed by atoms with E-state index in [2.05, 4.69) is 0 Å². The molecule has 0 saturated carbocycles. The first-order valence-corrected chi connectivity index (χ1v) is 7.37. The predicted molar refractivity (Wildman–Crippen MR) is 96.4 cm³/mol. The second-order valence-corrected chi connectivity index (χ2v) is 5.32. The summed E-state index contributed by atoms with van der Waals surface area (Å²) in [7, 11) is 1.80. The van der Waals surface area contributed by atoms with E-state index in [1.807, 2.05) is 43.3 Å². The number of nitrogen functional groups attached to an aromatic ring is 1. The molecule has 2 N–H and O–H groups in total. The summed E-state index contributed by atoms with van der Waals surface area (Å²) < 4.78 is 5.63. The van der Waals surface area contributed by atoms with Crippen LogP contribution in [0.4, 0.5) is 5.69 Å². The van der Waals surface area contributed by atoms with Crippen LogP contribution >= 0.6 is 12.4 Å². The number of carbonyl (C=O) groups excluding carboxylic acids is 1. The standard InChI is InChI=1S/C18H22N2O2.ClH/c1-14-9-10-15(19)13-17(14)18(21)20(2)11-6-12-22-16-7-4-3-5-8-16;/h3-5,7-10,13H,6,11-12,19H2,1-2H3;1H. The second-order valence-electron chi connectivity index (χ2n) is 5.32. The van der Waals surface area contributed by atoms with Gasteiger partial charge in [-0.25, -0.2) is 0 Å². The number of anilines is 1. The molecule has 4 nitrogen and oxygen atoms in total. The first-order valence-electron chi connectivity index (χ1n) is 7.37. The molecule has 1 amide bonds. The molecule has 2 rings (SSSR count). The van der Waals surface area contributed by atoms with Crippen LogP contribution in [0.1, 0.15) is 22.3 Å². The van der Waals surface area contributed by atoms with Gasteiger partial charge in [-0.05, 0) is 43.2 Å². The number of ether oxygens (including phenoxy) is 1. The fraction of sp³-hybridized carbons (Fsp3) is 0.278. The highest BCUT2D eigenvalue weighted by molar-refractivity contribution is 5.96. The zero-order valence-electron chi connectivity index (χ0n) is 13.5. The van der Waals surface area contributed by atoms with Gasteiger partial charge in [-0.15, -0.1) is 12.4 Å². The van der Waals surface area contributed by atoms with Crippen molar-refractivity contribution in [3.63, 3.8) is 0 Å². The maximum absolute atomic E-state index is 12.4. The number of nitrogens with zero attached hydrogens (tertiary/aromatic N) is 1. The molecule has 0 aromatic heterocycles. The van der Waals surface area contributed by atoms with Gasteiger partial charge in [0.15, 0.2) is 0 Å². The Morgan fingerprint density at radius 1 is 1.17 bits per heavy atom. The zero-order chi connectivity index (χ0) is 15.9. The Morgan fingerprint density at radius 2 is 1.87 bits per heavy atom. The molecule has 5 heteroatoms. The predicted octanol–water partition coefficient (Wildman–Crippen LogP) is 3.54. The molecule has 0 heterocycles. The summed E-state index contributed by atoms with van der Waals surface area (Å²) in [6.45, 7) is 3.14. The van der Waals surface area contributed by atoms with Crippen molar-refractivity contribution < 1.29 is 9.53 Å². The van der Waals surface area contributed by atoms with Crippen molar-refractivity contribution in [1.82, 2.24) is 4.90 Å². The average molecular weight is 335 g/mol. The highest BCUT2D eigenvalue weighted by atomic mass is 35.5. The Labute approximate surface area is 143 Å². The number of aryl methyl sites for hydroxylation is 1. The molecule has 124 valence electrons. The number of hydrogen-bond acceptors (Lipinski definition) is 3. The van der Waals surface area contributed by atoms with Crippen molar-refractivity contribution >= 4 is 24.0 Å². The van der Waals surface area contributed by atoms with Gasteiger partial charge in [0.05, 0.1) is 6.61 Å². The van der Waals surface area contributed by atoms with Crippen LogP contribution in [0.15, 0.2) is 48.5 Å². The van der Waals surface area contributed by atoms with Gasteiger partial charge < -0.3 is 15.4 Å². The van der Waals surface area contributed by atoms with Crippen molar-refractivity contribution in [3.05, 3.63) is 59.7 Å². The first kappa shape index (κ1) is 18.8. The molecule has 0 fully saturated rings. The van der Waals surface area contributed by atoms with Gasteiger partial charge in [-0.1, -0.05) is 24.3 Å². The molecule has 0 saturated heterocycles. The minimum absolute atomic E-state index is 0. The minimum Gasteiger partial charge on any atom is -0.494 e. The molecule has 2 aromatic carbocycles. The van der Waals surface area contributed by atoms with Gasteiger partial charge in [0.25, 0.3) is 5.91 Å². The topological polar surface area (TPSA) is 55.6 Å². The van der Waals surface area contributed by atoms with E-state index in [0.29, 0.717) is 24.4 Å². The molecule has 0 bridgehead atoms. The lowest BCUT2D eigenvalue weighted by atomic mass is 10.1. The number of para-hydroxylation sites is 1. The maximum Gasteiger partial charge on any atom is 0.253 e. The van der Waals surface area contributed by atoms with E-state index in [0.717, 1.165) is 17.7 Å². The van der Waals surface area contributed by atoms with E-state index in [4.69, 9.17) is 10.5 Å². The summed E-state index contributed by atoms with van der Waals surface area (Å²) in [5, 5.41) is 0. The van der Waals surface area contributed by atoms with Crippen LogP contribution in [0.5, 0.6) is 5.75 Å². The lowest BCUT2D eigenvalue weighted by Crippen LogP contribution is -2.29. The Bertz CT molecular complexity index is 632. The quantitative estimate of drug-likeness (QED) is 0.649. The molecule has 0 radical (unpaired) electrons.